The molecule has 6 heterocycles. The van der Waals surface area contributed by atoms with Crippen LogP contribution in [0.4, 0.5) is 27.8 Å². The minimum absolute atomic E-state index is 0.00118. The third-order valence-electron chi connectivity index (χ3n) is 10.7. The monoisotopic (exact) mass is 678 g/mol. The van der Waals surface area contributed by atoms with Gasteiger partial charge in [-0.2, -0.15) is 9.97 Å². The van der Waals surface area contributed by atoms with E-state index >= 15 is 4.39 Å². The highest BCUT2D eigenvalue weighted by Crippen LogP contribution is 2.44. The number of nitrogens with zero attached hydrogens (tertiary/aromatic N) is 5. The van der Waals surface area contributed by atoms with Crippen molar-refractivity contribution >= 4 is 27.5 Å². The summed E-state index contributed by atoms with van der Waals surface area (Å²) in [6, 6.07) is 8.28. The second-order valence-corrected chi connectivity index (χ2v) is 13.6. The first kappa shape index (κ1) is 32.1. The van der Waals surface area contributed by atoms with E-state index in [2.05, 4.69) is 32.8 Å². The minimum atomic E-state index is -4.73. The van der Waals surface area contributed by atoms with Gasteiger partial charge in [0.15, 0.2) is 5.82 Å². The fourth-order valence-electron chi connectivity index (χ4n) is 8.42. The second-order valence-electron chi connectivity index (χ2n) is 13.6. The van der Waals surface area contributed by atoms with Crippen LogP contribution in [0, 0.1) is 24.0 Å². The van der Waals surface area contributed by atoms with Crippen LogP contribution in [-0.2, 0) is 11.2 Å². The molecule has 0 bridgehead atoms. The number of pyridine rings is 1. The van der Waals surface area contributed by atoms with E-state index in [-0.39, 0.29) is 54.4 Å². The summed E-state index contributed by atoms with van der Waals surface area (Å²) in [6.45, 7) is 4.24. The quantitative estimate of drug-likeness (QED) is 0.193. The third kappa shape index (κ3) is 5.54. The number of piperazine rings is 1. The summed E-state index contributed by atoms with van der Waals surface area (Å²) in [5, 5.41) is 5.12. The Morgan fingerprint density at radius 2 is 1.96 bits per heavy atom. The van der Waals surface area contributed by atoms with E-state index in [4.69, 9.17) is 21.1 Å². The normalized spacial score (nSPS) is 25.3. The van der Waals surface area contributed by atoms with Crippen LogP contribution in [0.15, 0.2) is 30.3 Å². The van der Waals surface area contributed by atoms with Crippen LogP contribution in [0.5, 0.6) is 6.01 Å². The van der Waals surface area contributed by atoms with E-state index in [9.17, 15) is 17.6 Å². The molecule has 1 N–H and O–H groups in total. The molecule has 3 fully saturated rings. The Kier molecular flexibility index (Phi) is 7.89. The predicted octanol–water partition coefficient (Wildman–Crippen LogP) is 6.13. The molecule has 2 aromatic heterocycles. The molecule has 0 aliphatic carbocycles. The standard InChI is InChI=1S/C36H35F5N6O2/c1-3-21-17-47-22(16-42-21)10-12-27-29-32(30(38)31(43-27)25-8-5-7-20-9-11-26(37)24(4-2)28(20)25)44-34(45-33(29)47)48-19-35-13-6-14-46(35)18-23(15-35)49-36(39,40)41/h2,5,7-9,11,21-23,42H,3,6,10,12-19H2,1H3/t21-,22-,23+,35?/m1/s1. The second kappa shape index (κ2) is 12.0. The third-order valence-corrected chi connectivity index (χ3v) is 10.7. The Morgan fingerprint density at radius 3 is 2.76 bits per heavy atom. The first-order valence-corrected chi connectivity index (χ1v) is 16.8. The maximum atomic E-state index is 17.1. The Morgan fingerprint density at radius 1 is 1.10 bits per heavy atom. The predicted molar refractivity (Wildman–Crippen MR) is 174 cm³/mol. The molecule has 256 valence electrons. The largest absolute Gasteiger partial charge is 0.522 e. The zero-order chi connectivity index (χ0) is 34.1. The molecule has 0 amide bonds. The van der Waals surface area contributed by atoms with Gasteiger partial charge >= 0.3 is 12.4 Å². The summed E-state index contributed by atoms with van der Waals surface area (Å²) in [5.74, 6) is 1.65. The van der Waals surface area contributed by atoms with Gasteiger partial charge in [0.1, 0.15) is 29.5 Å². The lowest BCUT2D eigenvalue weighted by atomic mass is 9.94. The Hall–Kier alpha value is -4.12. The first-order chi connectivity index (χ1) is 23.6. The molecular formula is C36H35F5N6O2. The number of ether oxygens (including phenoxy) is 2. The fraction of sp³-hybridized carbons (Fsp3) is 0.472. The molecule has 8 rings (SSSR count). The molecule has 2 aromatic carbocycles. The number of rotatable bonds is 6. The van der Waals surface area contributed by atoms with Gasteiger partial charge in [-0.25, -0.2) is 13.8 Å². The van der Waals surface area contributed by atoms with Gasteiger partial charge in [-0.3, -0.25) is 9.64 Å². The fourth-order valence-corrected chi connectivity index (χ4v) is 8.42. The van der Waals surface area contributed by atoms with Gasteiger partial charge < -0.3 is 15.0 Å². The highest BCUT2D eigenvalue weighted by Gasteiger charge is 2.52. The van der Waals surface area contributed by atoms with E-state index in [1.165, 1.54) is 6.07 Å². The van der Waals surface area contributed by atoms with E-state index in [0.29, 0.717) is 65.7 Å². The van der Waals surface area contributed by atoms with Crippen molar-refractivity contribution in [1.82, 2.24) is 25.2 Å². The van der Waals surface area contributed by atoms with Crippen molar-refractivity contribution in [2.24, 2.45) is 0 Å². The Labute approximate surface area is 280 Å². The highest BCUT2D eigenvalue weighted by molar-refractivity contribution is 6.02. The molecule has 0 saturated carbocycles. The number of aryl methyl sites for hydroxylation is 1. The molecule has 4 aliphatic heterocycles. The Balaban J connectivity index is 1.26. The number of benzene rings is 2. The number of halogens is 5. The number of fused-ring (bicyclic) bond motifs is 4. The van der Waals surface area contributed by atoms with Gasteiger partial charge in [0.25, 0.3) is 0 Å². The van der Waals surface area contributed by atoms with E-state index in [1.54, 1.807) is 24.3 Å². The summed E-state index contributed by atoms with van der Waals surface area (Å²) in [7, 11) is 0. The minimum Gasteiger partial charge on any atom is -0.461 e. The lowest BCUT2D eigenvalue weighted by Gasteiger charge is -2.40. The maximum Gasteiger partial charge on any atom is 0.522 e. The van der Waals surface area contributed by atoms with Crippen LogP contribution < -0.4 is 15.0 Å². The molecule has 13 heteroatoms. The number of aromatic nitrogens is 3. The van der Waals surface area contributed by atoms with Crippen LogP contribution in [-0.4, -0.2) is 82.7 Å². The summed E-state index contributed by atoms with van der Waals surface area (Å²) in [4.78, 5) is 18.6. The molecule has 4 aliphatic rings. The van der Waals surface area contributed by atoms with Crippen molar-refractivity contribution in [2.45, 2.75) is 75.5 Å². The van der Waals surface area contributed by atoms with Gasteiger partial charge in [0, 0.05) is 42.7 Å². The van der Waals surface area contributed by atoms with Gasteiger partial charge in [-0.1, -0.05) is 37.1 Å². The van der Waals surface area contributed by atoms with Crippen molar-refractivity contribution in [2.75, 3.05) is 37.7 Å². The van der Waals surface area contributed by atoms with Gasteiger partial charge in [0.05, 0.1) is 28.3 Å². The van der Waals surface area contributed by atoms with Gasteiger partial charge in [0.2, 0.25) is 0 Å². The summed E-state index contributed by atoms with van der Waals surface area (Å²) >= 11 is 0. The maximum absolute atomic E-state index is 17.1. The number of hydrogen-bond donors (Lipinski definition) is 1. The van der Waals surface area contributed by atoms with Crippen LogP contribution in [0.1, 0.15) is 50.3 Å². The summed E-state index contributed by atoms with van der Waals surface area (Å²) < 4.78 is 82.1. The lowest BCUT2D eigenvalue weighted by Crippen LogP contribution is -2.56. The van der Waals surface area contributed by atoms with Crippen molar-refractivity contribution < 1.29 is 31.4 Å². The average molecular weight is 679 g/mol. The molecule has 4 aromatic rings. The SMILES string of the molecule is C#Cc1c(F)ccc2cccc(-c3nc4c5c(nc(OCC67CCCN6C[C@@H](OC(F)(F)F)C7)nc5c3F)N3C[C@@H](CC)NC[C@H]3CC4)c12. The lowest BCUT2D eigenvalue weighted by molar-refractivity contribution is -0.340. The number of hydrogen-bond acceptors (Lipinski definition) is 8. The van der Waals surface area contributed by atoms with Gasteiger partial charge in [-0.15, -0.1) is 19.6 Å². The molecule has 49 heavy (non-hydrogen) atoms. The highest BCUT2D eigenvalue weighted by atomic mass is 19.4. The van der Waals surface area contributed by atoms with Crippen LogP contribution >= 0.6 is 0 Å². The number of anilines is 1. The van der Waals surface area contributed by atoms with E-state index < -0.39 is 29.6 Å². The molecule has 1 unspecified atom stereocenters. The molecule has 3 saturated heterocycles. The van der Waals surface area contributed by atoms with Crippen molar-refractivity contribution in [3.8, 4) is 29.6 Å². The zero-order valence-electron chi connectivity index (χ0n) is 26.9. The average Bonchev–Trinajstić information content (AvgIpc) is 3.57. The molecular weight excluding hydrogens is 643 g/mol. The Bertz CT molecular complexity index is 2000. The molecule has 4 atom stereocenters. The molecule has 8 nitrogen and oxygen atoms in total. The summed E-state index contributed by atoms with van der Waals surface area (Å²) in [5.41, 5.74) is 0.326. The number of nitrogens with one attached hydrogen (secondary N) is 1. The number of terminal acetylenes is 1. The smallest absolute Gasteiger partial charge is 0.461 e. The van der Waals surface area contributed by atoms with Crippen molar-refractivity contribution in [3.63, 3.8) is 0 Å². The van der Waals surface area contributed by atoms with Crippen molar-refractivity contribution in [1.29, 1.82) is 0 Å². The van der Waals surface area contributed by atoms with Crippen LogP contribution in [0.25, 0.3) is 32.9 Å². The number of alkyl halides is 3. The van der Waals surface area contributed by atoms with Crippen LogP contribution in [0.3, 0.4) is 0 Å². The van der Waals surface area contributed by atoms with Gasteiger partial charge in [-0.05, 0) is 56.5 Å². The molecule has 0 spiro atoms. The van der Waals surface area contributed by atoms with Crippen LogP contribution in [0.2, 0.25) is 0 Å². The van der Waals surface area contributed by atoms with Crippen molar-refractivity contribution in [3.05, 3.63) is 53.2 Å². The zero-order valence-corrected chi connectivity index (χ0v) is 26.9. The van der Waals surface area contributed by atoms with E-state index in [0.717, 1.165) is 19.3 Å². The molecule has 0 radical (unpaired) electrons. The van der Waals surface area contributed by atoms with E-state index in [1.807, 2.05) is 4.90 Å². The first-order valence-electron chi connectivity index (χ1n) is 16.8. The topological polar surface area (TPSA) is 75.6 Å². The summed E-state index contributed by atoms with van der Waals surface area (Å²) in [6.07, 6.45) is 3.73.